The first-order chi connectivity index (χ1) is 8.10. The molecule has 0 aliphatic heterocycles. The molecule has 17 heavy (non-hydrogen) atoms. The first-order valence-electron chi connectivity index (χ1n) is 5.48. The van der Waals surface area contributed by atoms with E-state index in [1.165, 1.54) is 6.26 Å². The van der Waals surface area contributed by atoms with E-state index in [1.807, 2.05) is 19.1 Å². The van der Waals surface area contributed by atoms with E-state index in [0.717, 1.165) is 5.57 Å². The summed E-state index contributed by atoms with van der Waals surface area (Å²) in [5, 5.41) is 8.91. The number of ketones is 1. The van der Waals surface area contributed by atoms with Gasteiger partial charge in [0.15, 0.2) is 5.78 Å². The van der Waals surface area contributed by atoms with Crippen molar-refractivity contribution in [3.8, 4) is 6.07 Å². The van der Waals surface area contributed by atoms with Crippen LogP contribution in [0, 0.1) is 17.2 Å². The number of carbonyl (C=O) groups is 1. The van der Waals surface area contributed by atoms with Gasteiger partial charge in [-0.3, -0.25) is 4.79 Å². The summed E-state index contributed by atoms with van der Waals surface area (Å²) in [5.41, 5.74) is 6.81. The molecule has 0 radical (unpaired) electrons. The molecule has 0 amide bonds. The van der Waals surface area contributed by atoms with Crippen LogP contribution in [0.2, 0.25) is 0 Å². The van der Waals surface area contributed by atoms with Crippen LogP contribution in [-0.4, -0.2) is 18.4 Å². The summed E-state index contributed by atoms with van der Waals surface area (Å²) in [7, 11) is 0. The molecule has 0 saturated heterocycles. The SMILES string of the molecule is CCO/C=C(\C#N)C(=O)C1C=C(C)C=CC1N. The zero-order valence-corrected chi connectivity index (χ0v) is 10.0. The van der Waals surface area contributed by atoms with Crippen molar-refractivity contribution in [2.24, 2.45) is 11.7 Å². The zero-order valence-electron chi connectivity index (χ0n) is 10.0. The number of nitrogens with zero attached hydrogens (tertiary/aromatic N) is 1. The van der Waals surface area contributed by atoms with Gasteiger partial charge in [0.05, 0.1) is 12.5 Å². The second-order valence-electron chi connectivity index (χ2n) is 3.84. The van der Waals surface area contributed by atoms with Crippen LogP contribution in [0.5, 0.6) is 0 Å². The van der Waals surface area contributed by atoms with E-state index in [-0.39, 0.29) is 17.4 Å². The molecule has 0 fully saturated rings. The largest absolute Gasteiger partial charge is 0.500 e. The summed E-state index contributed by atoms with van der Waals surface area (Å²) >= 11 is 0. The Morgan fingerprint density at radius 2 is 2.41 bits per heavy atom. The van der Waals surface area contributed by atoms with Gasteiger partial charge >= 0.3 is 0 Å². The minimum absolute atomic E-state index is 0.00616. The molecule has 4 nitrogen and oxygen atoms in total. The third kappa shape index (κ3) is 3.30. The Hall–Kier alpha value is -1.86. The highest BCUT2D eigenvalue weighted by Gasteiger charge is 2.26. The van der Waals surface area contributed by atoms with Crippen molar-refractivity contribution in [3.05, 3.63) is 35.6 Å². The van der Waals surface area contributed by atoms with Crippen molar-refractivity contribution in [3.63, 3.8) is 0 Å². The minimum atomic E-state index is -0.480. The highest BCUT2D eigenvalue weighted by Crippen LogP contribution is 2.19. The van der Waals surface area contributed by atoms with Gasteiger partial charge in [0.25, 0.3) is 0 Å². The molecule has 90 valence electrons. The molecule has 2 N–H and O–H groups in total. The highest BCUT2D eigenvalue weighted by molar-refractivity contribution is 6.02. The zero-order chi connectivity index (χ0) is 12.8. The minimum Gasteiger partial charge on any atom is -0.500 e. The summed E-state index contributed by atoms with van der Waals surface area (Å²) in [4.78, 5) is 12.1. The number of hydrogen-bond acceptors (Lipinski definition) is 4. The maximum absolute atomic E-state index is 12.1. The van der Waals surface area contributed by atoms with Crippen molar-refractivity contribution in [1.29, 1.82) is 5.26 Å². The van der Waals surface area contributed by atoms with Gasteiger partial charge in [-0.1, -0.05) is 23.8 Å². The summed E-state index contributed by atoms with van der Waals surface area (Å²) in [6, 6.07) is 1.46. The number of rotatable bonds is 4. The Labute approximate surface area is 101 Å². The Kier molecular flexibility index (Phi) is 4.68. The van der Waals surface area contributed by atoms with Crippen molar-refractivity contribution in [1.82, 2.24) is 0 Å². The molecule has 0 bridgehead atoms. The maximum Gasteiger partial charge on any atom is 0.185 e. The van der Waals surface area contributed by atoms with Crippen LogP contribution >= 0.6 is 0 Å². The molecule has 0 aromatic rings. The molecule has 0 aromatic carbocycles. The van der Waals surface area contributed by atoms with E-state index in [1.54, 1.807) is 19.1 Å². The highest BCUT2D eigenvalue weighted by atomic mass is 16.5. The Balaban J connectivity index is 2.89. The summed E-state index contributed by atoms with van der Waals surface area (Å²) < 4.78 is 4.98. The molecular formula is C13H16N2O2. The van der Waals surface area contributed by atoms with Crippen LogP contribution < -0.4 is 5.73 Å². The van der Waals surface area contributed by atoms with E-state index < -0.39 is 5.92 Å². The lowest BCUT2D eigenvalue weighted by molar-refractivity contribution is -0.117. The molecule has 1 aliphatic carbocycles. The number of nitrogens with two attached hydrogens (primary N) is 1. The monoisotopic (exact) mass is 232 g/mol. The van der Waals surface area contributed by atoms with Gasteiger partial charge in [-0.25, -0.2) is 0 Å². The summed E-state index contributed by atoms with van der Waals surface area (Å²) in [6.07, 6.45) is 6.63. The third-order valence-electron chi connectivity index (χ3n) is 2.49. The number of allylic oxidation sites excluding steroid dienone is 3. The number of carbonyl (C=O) groups excluding carboxylic acids is 1. The number of nitriles is 1. The molecule has 0 aromatic heterocycles. The molecule has 4 heteroatoms. The fraction of sp³-hybridized carbons (Fsp3) is 0.385. The predicted octanol–water partition coefficient (Wildman–Crippen LogP) is 1.46. The van der Waals surface area contributed by atoms with Gasteiger partial charge in [-0.05, 0) is 13.8 Å². The summed E-state index contributed by atoms with van der Waals surface area (Å²) in [6.45, 7) is 4.10. The maximum atomic E-state index is 12.1. The Bertz CT molecular complexity index is 427. The van der Waals surface area contributed by atoms with E-state index in [0.29, 0.717) is 6.61 Å². The Morgan fingerprint density at radius 1 is 1.71 bits per heavy atom. The van der Waals surface area contributed by atoms with Crippen molar-refractivity contribution in [2.75, 3.05) is 6.61 Å². The lowest BCUT2D eigenvalue weighted by Crippen LogP contribution is -2.35. The first kappa shape index (κ1) is 13.2. The van der Waals surface area contributed by atoms with Crippen LogP contribution in [0.3, 0.4) is 0 Å². The van der Waals surface area contributed by atoms with Crippen molar-refractivity contribution >= 4 is 5.78 Å². The quantitative estimate of drug-likeness (QED) is 0.452. The number of hydrogen-bond donors (Lipinski definition) is 1. The first-order valence-corrected chi connectivity index (χ1v) is 5.48. The fourth-order valence-electron chi connectivity index (χ4n) is 1.57. The Morgan fingerprint density at radius 3 is 3.00 bits per heavy atom. The van der Waals surface area contributed by atoms with Gasteiger partial charge < -0.3 is 10.5 Å². The predicted molar refractivity (Wildman–Crippen MR) is 64.7 cm³/mol. The summed E-state index contributed by atoms with van der Waals surface area (Å²) in [5.74, 6) is -0.775. The third-order valence-corrected chi connectivity index (χ3v) is 2.49. The van der Waals surface area contributed by atoms with Crippen LogP contribution in [0.1, 0.15) is 13.8 Å². The van der Waals surface area contributed by atoms with Gasteiger partial charge in [0.2, 0.25) is 0 Å². The topological polar surface area (TPSA) is 76.1 Å². The average molecular weight is 232 g/mol. The van der Waals surface area contributed by atoms with Crippen LogP contribution in [-0.2, 0) is 9.53 Å². The molecule has 2 atom stereocenters. The van der Waals surface area contributed by atoms with E-state index >= 15 is 0 Å². The molecule has 1 rings (SSSR count). The van der Waals surface area contributed by atoms with Crippen LogP contribution in [0.25, 0.3) is 0 Å². The van der Waals surface area contributed by atoms with Crippen molar-refractivity contribution < 1.29 is 9.53 Å². The standard InChI is InChI=1S/C13H16N2O2/c1-3-17-8-10(7-14)13(16)11-6-9(2)4-5-12(11)15/h4-6,8,11-12H,3,15H2,1-2H3/b10-8+. The second-order valence-corrected chi connectivity index (χ2v) is 3.84. The smallest absolute Gasteiger partial charge is 0.185 e. The number of ether oxygens (including phenoxy) is 1. The van der Waals surface area contributed by atoms with Crippen LogP contribution in [0.15, 0.2) is 35.6 Å². The molecule has 2 unspecified atom stereocenters. The van der Waals surface area contributed by atoms with Gasteiger partial charge in [0, 0.05) is 6.04 Å². The normalized spacial score (nSPS) is 23.9. The van der Waals surface area contributed by atoms with E-state index in [9.17, 15) is 4.79 Å². The molecule has 0 saturated carbocycles. The van der Waals surface area contributed by atoms with Crippen LogP contribution in [0.4, 0.5) is 0 Å². The van der Waals surface area contributed by atoms with Crippen molar-refractivity contribution in [2.45, 2.75) is 19.9 Å². The van der Waals surface area contributed by atoms with Gasteiger partial charge in [-0.15, -0.1) is 0 Å². The second kappa shape index (κ2) is 6.02. The average Bonchev–Trinajstić information content (AvgIpc) is 2.33. The molecule has 0 spiro atoms. The lowest BCUT2D eigenvalue weighted by atomic mass is 9.86. The molecule has 0 heterocycles. The molecule has 1 aliphatic rings. The van der Waals surface area contributed by atoms with E-state index in [2.05, 4.69) is 0 Å². The van der Waals surface area contributed by atoms with E-state index in [4.69, 9.17) is 15.7 Å². The number of Topliss-reactive ketones (excluding diaryl/α,β-unsaturated/α-hetero) is 1. The van der Waals surface area contributed by atoms with Gasteiger partial charge in [0.1, 0.15) is 17.9 Å². The van der Waals surface area contributed by atoms with Gasteiger partial charge in [-0.2, -0.15) is 5.26 Å². The lowest BCUT2D eigenvalue weighted by Gasteiger charge is -2.20. The molecular weight excluding hydrogens is 216 g/mol. The fourth-order valence-corrected chi connectivity index (χ4v) is 1.57.